The van der Waals surface area contributed by atoms with Crippen molar-refractivity contribution in [2.45, 2.75) is 6.54 Å². The van der Waals surface area contributed by atoms with Gasteiger partial charge in [0.1, 0.15) is 5.82 Å². The van der Waals surface area contributed by atoms with E-state index in [-0.39, 0.29) is 0 Å². The van der Waals surface area contributed by atoms with Gasteiger partial charge in [0.2, 0.25) is 0 Å². The van der Waals surface area contributed by atoms with Gasteiger partial charge in [-0.3, -0.25) is 4.90 Å². The molecule has 2 N–H and O–H groups in total. The lowest BCUT2D eigenvalue weighted by Gasteiger charge is -2.36. The zero-order valence-electron chi connectivity index (χ0n) is 12.2. The van der Waals surface area contributed by atoms with Gasteiger partial charge < -0.3 is 10.6 Å². The second-order valence-electron chi connectivity index (χ2n) is 5.45. The molecule has 2 aromatic rings. The molecule has 0 radical (unpaired) electrons. The lowest BCUT2D eigenvalue weighted by molar-refractivity contribution is 0.250. The maximum Gasteiger partial charge on any atom is 0.125 e. The van der Waals surface area contributed by atoms with E-state index in [1.165, 1.54) is 5.56 Å². The van der Waals surface area contributed by atoms with E-state index in [4.69, 9.17) is 28.9 Å². The summed E-state index contributed by atoms with van der Waals surface area (Å²) in [5, 5.41) is 1.43. The van der Waals surface area contributed by atoms with Crippen molar-refractivity contribution in [1.29, 1.82) is 0 Å². The Hall–Kier alpha value is -1.49. The van der Waals surface area contributed by atoms with Gasteiger partial charge in [0.15, 0.2) is 0 Å². The van der Waals surface area contributed by atoms with Crippen LogP contribution in [0.2, 0.25) is 10.0 Å². The van der Waals surface area contributed by atoms with Crippen LogP contribution in [0.5, 0.6) is 0 Å². The summed E-state index contributed by atoms with van der Waals surface area (Å²) in [6.07, 6.45) is 1.62. The molecule has 0 amide bonds. The minimum atomic E-state index is 0.503. The molecule has 0 unspecified atom stereocenters. The van der Waals surface area contributed by atoms with Crippen molar-refractivity contribution in [2.75, 3.05) is 36.8 Å². The predicted molar refractivity (Wildman–Crippen MR) is 92.6 cm³/mol. The van der Waals surface area contributed by atoms with Gasteiger partial charge in [0.05, 0.1) is 10.7 Å². The zero-order valence-corrected chi connectivity index (χ0v) is 13.7. The molecule has 6 heteroatoms. The van der Waals surface area contributed by atoms with E-state index in [1.54, 1.807) is 6.20 Å². The van der Waals surface area contributed by atoms with Crippen molar-refractivity contribution in [1.82, 2.24) is 9.88 Å². The van der Waals surface area contributed by atoms with Crippen LogP contribution in [0.25, 0.3) is 0 Å². The lowest BCUT2D eigenvalue weighted by Crippen LogP contribution is -2.46. The van der Waals surface area contributed by atoms with Gasteiger partial charge in [-0.15, -0.1) is 0 Å². The minimum Gasteiger partial charge on any atom is -0.384 e. The number of nitrogens with zero attached hydrogens (tertiary/aromatic N) is 3. The number of rotatable bonds is 3. The molecule has 2 heterocycles. The number of benzene rings is 1. The van der Waals surface area contributed by atoms with Gasteiger partial charge >= 0.3 is 0 Å². The van der Waals surface area contributed by atoms with E-state index in [0.29, 0.717) is 10.8 Å². The Morgan fingerprint density at radius 2 is 1.73 bits per heavy atom. The van der Waals surface area contributed by atoms with Crippen LogP contribution in [0.1, 0.15) is 5.56 Å². The first kappa shape index (κ1) is 15.4. The predicted octanol–water partition coefficient (Wildman–Crippen LogP) is 3.29. The van der Waals surface area contributed by atoms with Crippen LogP contribution in [0, 0.1) is 0 Å². The van der Waals surface area contributed by atoms with Crippen molar-refractivity contribution >= 4 is 34.7 Å². The molecule has 1 aromatic carbocycles. The van der Waals surface area contributed by atoms with Gasteiger partial charge in [-0.2, -0.15) is 0 Å². The quantitative estimate of drug-likeness (QED) is 0.934. The summed E-state index contributed by atoms with van der Waals surface area (Å²) in [6, 6.07) is 9.88. The number of halogens is 2. The van der Waals surface area contributed by atoms with Crippen LogP contribution in [0.15, 0.2) is 36.5 Å². The van der Waals surface area contributed by atoms with E-state index in [2.05, 4.69) is 26.9 Å². The molecule has 0 spiro atoms. The summed E-state index contributed by atoms with van der Waals surface area (Å²) < 4.78 is 0. The number of piperazine rings is 1. The fraction of sp³-hybridized carbons (Fsp3) is 0.312. The van der Waals surface area contributed by atoms with Crippen molar-refractivity contribution in [3.05, 3.63) is 52.1 Å². The Morgan fingerprint density at radius 3 is 2.41 bits per heavy atom. The van der Waals surface area contributed by atoms with Crippen molar-refractivity contribution in [3.8, 4) is 0 Å². The number of nitrogen functional groups attached to an aromatic ring is 1. The van der Waals surface area contributed by atoms with Gasteiger partial charge in [-0.25, -0.2) is 4.98 Å². The number of aromatic nitrogens is 1. The number of hydrogen-bond acceptors (Lipinski definition) is 4. The molecule has 116 valence electrons. The number of pyridine rings is 1. The van der Waals surface area contributed by atoms with Crippen molar-refractivity contribution < 1.29 is 0 Å². The number of hydrogen-bond donors (Lipinski definition) is 1. The largest absolute Gasteiger partial charge is 0.384 e. The summed E-state index contributed by atoms with van der Waals surface area (Å²) in [6.45, 7) is 4.77. The molecule has 0 aliphatic carbocycles. The Labute approximate surface area is 140 Å². The second-order valence-corrected chi connectivity index (χ2v) is 6.29. The minimum absolute atomic E-state index is 0.503. The molecule has 1 aliphatic rings. The van der Waals surface area contributed by atoms with Gasteiger partial charge in [-0.1, -0.05) is 35.3 Å². The third-order valence-electron chi connectivity index (χ3n) is 3.89. The van der Waals surface area contributed by atoms with E-state index in [0.717, 1.165) is 43.4 Å². The summed E-state index contributed by atoms with van der Waals surface area (Å²) >= 11 is 12.1. The Morgan fingerprint density at radius 1 is 1.05 bits per heavy atom. The molecule has 3 rings (SSSR count). The molecular formula is C16H18Cl2N4. The van der Waals surface area contributed by atoms with E-state index < -0.39 is 0 Å². The molecule has 0 bridgehead atoms. The van der Waals surface area contributed by atoms with Gasteiger partial charge in [-0.05, 0) is 17.7 Å². The third kappa shape index (κ3) is 3.64. The van der Waals surface area contributed by atoms with Crippen LogP contribution in [0.3, 0.4) is 0 Å². The normalized spacial score (nSPS) is 16.0. The fourth-order valence-electron chi connectivity index (χ4n) is 2.68. The standard InChI is InChI=1S/C16H18Cl2N4/c17-13-3-1-12(2-4-13)11-21-5-7-22(8-6-21)15-9-16(19)20-10-14(15)18/h1-4,9-10H,5-8,11H2,(H2,19,20). The first-order valence-electron chi connectivity index (χ1n) is 7.24. The lowest BCUT2D eigenvalue weighted by atomic mass is 10.2. The summed E-state index contributed by atoms with van der Waals surface area (Å²) in [4.78, 5) is 8.70. The molecular weight excluding hydrogens is 319 g/mol. The fourth-order valence-corrected chi connectivity index (χ4v) is 3.03. The van der Waals surface area contributed by atoms with Crippen LogP contribution >= 0.6 is 23.2 Å². The Kier molecular flexibility index (Phi) is 4.71. The summed E-state index contributed by atoms with van der Waals surface area (Å²) in [7, 11) is 0. The maximum atomic E-state index is 6.22. The molecule has 1 saturated heterocycles. The van der Waals surface area contributed by atoms with E-state index >= 15 is 0 Å². The van der Waals surface area contributed by atoms with Crippen molar-refractivity contribution in [3.63, 3.8) is 0 Å². The number of anilines is 2. The molecule has 22 heavy (non-hydrogen) atoms. The smallest absolute Gasteiger partial charge is 0.125 e. The van der Waals surface area contributed by atoms with E-state index in [9.17, 15) is 0 Å². The number of nitrogens with two attached hydrogens (primary N) is 1. The van der Waals surface area contributed by atoms with Gasteiger partial charge in [0, 0.05) is 50.0 Å². The summed E-state index contributed by atoms with van der Waals surface area (Å²) in [5.41, 5.74) is 8.01. The Balaban J connectivity index is 1.60. The first-order chi connectivity index (χ1) is 10.6. The molecule has 1 fully saturated rings. The second kappa shape index (κ2) is 6.73. The average molecular weight is 337 g/mol. The van der Waals surface area contributed by atoms with Crippen LogP contribution < -0.4 is 10.6 Å². The zero-order chi connectivity index (χ0) is 15.5. The molecule has 1 aromatic heterocycles. The van der Waals surface area contributed by atoms with Crippen LogP contribution in [-0.2, 0) is 6.54 Å². The monoisotopic (exact) mass is 336 g/mol. The average Bonchev–Trinajstić information content (AvgIpc) is 2.53. The van der Waals surface area contributed by atoms with Crippen LogP contribution in [-0.4, -0.2) is 36.1 Å². The molecule has 0 saturated carbocycles. The van der Waals surface area contributed by atoms with E-state index in [1.807, 2.05) is 18.2 Å². The molecule has 1 aliphatic heterocycles. The highest BCUT2D eigenvalue weighted by atomic mass is 35.5. The van der Waals surface area contributed by atoms with Crippen LogP contribution in [0.4, 0.5) is 11.5 Å². The molecule has 4 nitrogen and oxygen atoms in total. The van der Waals surface area contributed by atoms with Crippen molar-refractivity contribution in [2.24, 2.45) is 0 Å². The highest BCUT2D eigenvalue weighted by Crippen LogP contribution is 2.27. The third-order valence-corrected chi connectivity index (χ3v) is 4.43. The maximum absolute atomic E-state index is 6.22. The molecule has 0 atom stereocenters. The first-order valence-corrected chi connectivity index (χ1v) is 8.00. The SMILES string of the molecule is Nc1cc(N2CCN(Cc3ccc(Cl)cc3)CC2)c(Cl)cn1. The summed E-state index contributed by atoms with van der Waals surface area (Å²) in [5.74, 6) is 0.503. The van der Waals surface area contributed by atoms with Gasteiger partial charge in [0.25, 0.3) is 0 Å². The highest BCUT2D eigenvalue weighted by Gasteiger charge is 2.19. The topological polar surface area (TPSA) is 45.4 Å². The Bertz CT molecular complexity index is 637. The highest BCUT2D eigenvalue weighted by molar-refractivity contribution is 6.33.